The molecule has 2 aromatic rings. The minimum Gasteiger partial charge on any atom is -0.496 e. The van der Waals surface area contributed by atoms with E-state index in [1.807, 2.05) is 0 Å². The van der Waals surface area contributed by atoms with E-state index in [-0.39, 0.29) is 16.8 Å². The van der Waals surface area contributed by atoms with Crippen molar-refractivity contribution in [2.24, 2.45) is 5.73 Å². The topological polar surface area (TPSA) is 101 Å². The summed E-state index contributed by atoms with van der Waals surface area (Å²) in [6.07, 6.45) is 1.51. The van der Waals surface area contributed by atoms with Gasteiger partial charge in [0.2, 0.25) is 5.60 Å². The van der Waals surface area contributed by atoms with Gasteiger partial charge in [-0.25, -0.2) is 4.79 Å². The standard InChI is InChI=1S/C19H20N2O5/c1-12(17(22)25-3)13-8-7-9-14(24-2)16(13)19(26-4,18(20)23)15-10-5-6-11-21-15/h5-11H,1H2,2-4H3,(H2,20,23). The van der Waals surface area contributed by atoms with Gasteiger partial charge in [0.15, 0.2) is 0 Å². The van der Waals surface area contributed by atoms with Gasteiger partial charge >= 0.3 is 5.97 Å². The van der Waals surface area contributed by atoms with E-state index in [0.717, 1.165) is 0 Å². The van der Waals surface area contributed by atoms with E-state index in [1.54, 1.807) is 36.4 Å². The molecule has 0 aliphatic rings. The number of pyridine rings is 1. The van der Waals surface area contributed by atoms with Crippen LogP contribution in [0.5, 0.6) is 5.75 Å². The predicted octanol–water partition coefficient (Wildman–Crippen LogP) is 1.65. The van der Waals surface area contributed by atoms with E-state index in [9.17, 15) is 9.59 Å². The third-order valence-corrected chi connectivity index (χ3v) is 4.03. The minimum atomic E-state index is -1.79. The first-order valence-electron chi connectivity index (χ1n) is 7.65. The maximum atomic E-state index is 12.6. The van der Waals surface area contributed by atoms with Crippen LogP contribution in [-0.2, 0) is 24.7 Å². The molecule has 0 aliphatic carbocycles. The molecule has 136 valence electrons. The Morgan fingerprint density at radius 2 is 1.85 bits per heavy atom. The number of hydrogen-bond donors (Lipinski definition) is 1. The van der Waals surface area contributed by atoms with Crippen LogP contribution < -0.4 is 10.5 Å². The fourth-order valence-electron chi connectivity index (χ4n) is 2.80. The molecule has 1 atom stereocenters. The van der Waals surface area contributed by atoms with Crippen molar-refractivity contribution in [1.29, 1.82) is 0 Å². The quantitative estimate of drug-likeness (QED) is 0.598. The van der Waals surface area contributed by atoms with Gasteiger partial charge in [-0.3, -0.25) is 9.78 Å². The molecule has 0 spiro atoms. The number of amides is 1. The first-order chi connectivity index (χ1) is 12.4. The molecule has 0 radical (unpaired) electrons. The zero-order valence-corrected chi connectivity index (χ0v) is 14.8. The second-order valence-electron chi connectivity index (χ2n) is 5.32. The normalized spacial score (nSPS) is 12.7. The molecule has 2 N–H and O–H groups in total. The largest absolute Gasteiger partial charge is 0.496 e. The Kier molecular flexibility index (Phi) is 5.74. The SMILES string of the molecule is C=C(C(=O)OC)c1cccc(OC)c1C(OC)(C(N)=O)c1ccccn1. The van der Waals surface area contributed by atoms with Gasteiger partial charge in [0.05, 0.1) is 25.5 Å². The molecular weight excluding hydrogens is 336 g/mol. The lowest BCUT2D eigenvalue weighted by molar-refractivity contribution is -0.137. The van der Waals surface area contributed by atoms with Crippen molar-refractivity contribution in [2.75, 3.05) is 21.3 Å². The Labute approximate surface area is 151 Å². The third kappa shape index (κ3) is 3.04. The molecule has 0 aliphatic heterocycles. The lowest BCUT2D eigenvalue weighted by Gasteiger charge is -2.32. The Morgan fingerprint density at radius 3 is 2.35 bits per heavy atom. The van der Waals surface area contributed by atoms with Crippen molar-refractivity contribution >= 4 is 17.4 Å². The van der Waals surface area contributed by atoms with Gasteiger partial charge in [0.1, 0.15) is 5.75 Å². The zero-order chi connectivity index (χ0) is 19.3. The predicted molar refractivity (Wildman–Crippen MR) is 95.3 cm³/mol. The summed E-state index contributed by atoms with van der Waals surface area (Å²) >= 11 is 0. The summed E-state index contributed by atoms with van der Waals surface area (Å²) in [6.45, 7) is 3.77. The molecule has 7 nitrogen and oxygen atoms in total. The fraction of sp³-hybridized carbons (Fsp3) is 0.211. The monoisotopic (exact) mass is 356 g/mol. The highest BCUT2D eigenvalue weighted by Gasteiger charge is 2.46. The van der Waals surface area contributed by atoms with Crippen molar-refractivity contribution in [3.63, 3.8) is 0 Å². The maximum absolute atomic E-state index is 12.6. The second kappa shape index (κ2) is 7.79. The summed E-state index contributed by atoms with van der Waals surface area (Å²) in [4.78, 5) is 28.9. The molecule has 2 rings (SSSR count). The number of benzene rings is 1. The van der Waals surface area contributed by atoms with E-state index in [4.69, 9.17) is 19.9 Å². The van der Waals surface area contributed by atoms with Gasteiger partial charge < -0.3 is 19.9 Å². The minimum absolute atomic E-state index is 0.0278. The van der Waals surface area contributed by atoms with Crippen LogP contribution in [-0.4, -0.2) is 38.2 Å². The highest BCUT2D eigenvalue weighted by atomic mass is 16.5. The molecule has 1 aromatic carbocycles. The van der Waals surface area contributed by atoms with Gasteiger partial charge in [0, 0.05) is 18.9 Å². The molecule has 0 saturated heterocycles. The smallest absolute Gasteiger partial charge is 0.337 e. The molecule has 0 saturated carbocycles. The highest BCUT2D eigenvalue weighted by molar-refractivity contribution is 6.16. The van der Waals surface area contributed by atoms with Crippen LogP contribution in [0.15, 0.2) is 49.2 Å². The molecular formula is C19H20N2O5. The first-order valence-corrected chi connectivity index (χ1v) is 7.65. The maximum Gasteiger partial charge on any atom is 0.337 e. The number of carbonyl (C=O) groups is 2. The average molecular weight is 356 g/mol. The summed E-state index contributed by atoms with van der Waals surface area (Å²) in [5.41, 5.74) is 4.76. The van der Waals surface area contributed by atoms with E-state index >= 15 is 0 Å². The van der Waals surface area contributed by atoms with Crippen molar-refractivity contribution in [3.05, 3.63) is 66.0 Å². The number of rotatable bonds is 7. The average Bonchev–Trinajstić information content (AvgIpc) is 2.68. The highest BCUT2D eigenvalue weighted by Crippen LogP contribution is 2.42. The molecule has 0 fully saturated rings. The van der Waals surface area contributed by atoms with Gasteiger partial charge in [0.25, 0.3) is 5.91 Å². The van der Waals surface area contributed by atoms with Crippen molar-refractivity contribution in [3.8, 4) is 5.75 Å². The Bertz CT molecular complexity index is 835. The van der Waals surface area contributed by atoms with E-state index in [1.165, 1.54) is 27.5 Å². The molecule has 1 aromatic heterocycles. The molecule has 0 bridgehead atoms. The number of nitrogens with zero attached hydrogens (tertiary/aromatic N) is 1. The third-order valence-electron chi connectivity index (χ3n) is 4.03. The lowest BCUT2D eigenvalue weighted by Crippen LogP contribution is -2.45. The number of primary amides is 1. The van der Waals surface area contributed by atoms with Crippen LogP contribution in [0, 0.1) is 0 Å². The summed E-state index contributed by atoms with van der Waals surface area (Å²) in [6, 6.07) is 9.89. The van der Waals surface area contributed by atoms with Crippen LogP contribution in [0.25, 0.3) is 5.57 Å². The number of hydrogen-bond acceptors (Lipinski definition) is 6. The summed E-state index contributed by atoms with van der Waals surface area (Å²) in [7, 11) is 4.00. The molecule has 1 amide bonds. The van der Waals surface area contributed by atoms with E-state index in [2.05, 4.69) is 11.6 Å². The molecule has 1 heterocycles. The van der Waals surface area contributed by atoms with Gasteiger partial charge in [-0.15, -0.1) is 0 Å². The van der Waals surface area contributed by atoms with Gasteiger partial charge in [-0.05, 0) is 23.8 Å². The van der Waals surface area contributed by atoms with Crippen molar-refractivity contribution < 1.29 is 23.8 Å². The number of methoxy groups -OCH3 is 3. The number of esters is 1. The number of aromatic nitrogens is 1. The fourth-order valence-corrected chi connectivity index (χ4v) is 2.80. The molecule has 26 heavy (non-hydrogen) atoms. The zero-order valence-electron chi connectivity index (χ0n) is 14.8. The van der Waals surface area contributed by atoms with Crippen LogP contribution in [0.1, 0.15) is 16.8 Å². The van der Waals surface area contributed by atoms with Gasteiger partial charge in [-0.2, -0.15) is 0 Å². The molecule has 7 heteroatoms. The lowest BCUT2D eigenvalue weighted by atomic mass is 9.82. The van der Waals surface area contributed by atoms with Crippen LogP contribution in [0.4, 0.5) is 0 Å². The van der Waals surface area contributed by atoms with Crippen molar-refractivity contribution in [1.82, 2.24) is 4.98 Å². The van der Waals surface area contributed by atoms with E-state index in [0.29, 0.717) is 11.3 Å². The van der Waals surface area contributed by atoms with Crippen molar-refractivity contribution in [2.45, 2.75) is 5.60 Å². The summed E-state index contributed by atoms with van der Waals surface area (Å²) in [5.74, 6) is -1.18. The first kappa shape index (κ1) is 19.1. The Hall–Kier alpha value is -3.19. The number of carbonyl (C=O) groups excluding carboxylic acids is 2. The number of ether oxygens (including phenoxy) is 3. The number of nitrogens with two attached hydrogens (primary N) is 1. The van der Waals surface area contributed by atoms with E-state index < -0.39 is 17.5 Å². The van der Waals surface area contributed by atoms with Crippen LogP contribution >= 0.6 is 0 Å². The van der Waals surface area contributed by atoms with Crippen LogP contribution in [0.2, 0.25) is 0 Å². The summed E-state index contributed by atoms with van der Waals surface area (Å²) in [5, 5.41) is 0. The Morgan fingerprint density at radius 1 is 1.12 bits per heavy atom. The molecule has 1 unspecified atom stereocenters. The van der Waals surface area contributed by atoms with Gasteiger partial charge in [-0.1, -0.05) is 24.8 Å². The second-order valence-corrected chi connectivity index (χ2v) is 5.32. The van der Waals surface area contributed by atoms with Crippen LogP contribution in [0.3, 0.4) is 0 Å². The summed E-state index contributed by atoms with van der Waals surface area (Å²) < 4.78 is 15.8. The Balaban J connectivity index is 2.91.